The summed E-state index contributed by atoms with van der Waals surface area (Å²) in [6.07, 6.45) is 1.49. The normalized spacial score (nSPS) is 21.5. The van der Waals surface area contributed by atoms with Gasteiger partial charge in [-0.1, -0.05) is 13.3 Å². The van der Waals surface area contributed by atoms with Gasteiger partial charge in [0.15, 0.2) is 0 Å². The Morgan fingerprint density at radius 1 is 1.50 bits per heavy atom. The Morgan fingerprint density at radius 3 is 2.83 bits per heavy atom. The second-order valence-electron chi connectivity index (χ2n) is 4.41. The Kier molecular flexibility index (Phi) is 6.07. The monoisotopic (exact) mass is 257 g/mol. The standard InChI is InChI=1S/C12H23N3O3/c1-3-5-9(13)12(17)15-6-7-18-8-10(15)11(16)14-4-2/h9-10H,3-8,13H2,1-2H3,(H,14,16)/t9-,10?/m1/s1. The Balaban J connectivity index is 2.69. The highest BCUT2D eigenvalue weighted by molar-refractivity contribution is 5.90. The number of hydrogen-bond acceptors (Lipinski definition) is 4. The van der Waals surface area contributed by atoms with E-state index in [9.17, 15) is 9.59 Å². The van der Waals surface area contributed by atoms with Crippen molar-refractivity contribution in [2.45, 2.75) is 38.8 Å². The number of morpholine rings is 1. The molecule has 6 heteroatoms. The van der Waals surface area contributed by atoms with Crippen LogP contribution in [0.2, 0.25) is 0 Å². The van der Waals surface area contributed by atoms with Gasteiger partial charge in [-0.15, -0.1) is 0 Å². The highest BCUT2D eigenvalue weighted by Crippen LogP contribution is 2.10. The third-order valence-electron chi connectivity index (χ3n) is 2.98. The molecule has 0 radical (unpaired) electrons. The van der Waals surface area contributed by atoms with Crippen LogP contribution in [0.3, 0.4) is 0 Å². The molecule has 0 aromatic carbocycles. The van der Waals surface area contributed by atoms with Crippen LogP contribution in [-0.2, 0) is 14.3 Å². The average Bonchev–Trinajstić information content (AvgIpc) is 2.38. The van der Waals surface area contributed by atoms with Crippen molar-refractivity contribution in [3.05, 3.63) is 0 Å². The highest BCUT2D eigenvalue weighted by atomic mass is 16.5. The van der Waals surface area contributed by atoms with Gasteiger partial charge in [-0.25, -0.2) is 0 Å². The number of ether oxygens (including phenoxy) is 1. The van der Waals surface area contributed by atoms with Gasteiger partial charge in [0.25, 0.3) is 0 Å². The van der Waals surface area contributed by atoms with Gasteiger partial charge >= 0.3 is 0 Å². The number of likely N-dealkylation sites (N-methyl/N-ethyl adjacent to an activating group) is 1. The Bertz CT molecular complexity index is 296. The quantitative estimate of drug-likeness (QED) is 0.694. The molecule has 18 heavy (non-hydrogen) atoms. The largest absolute Gasteiger partial charge is 0.377 e. The molecule has 1 fully saturated rings. The second-order valence-corrected chi connectivity index (χ2v) is 4.41. The third kappa shape index (κ3) is 3.68. The number of rotatable bonds is 5. The summed E-state index contributed by atoms with van der Waals surface area (Å²) in [5.74, 6) is -0.328. The first-order valence-corrected chi connectivity index (χ1v) is 6.53. The summed E-state index contributed by atoms with van der Waals surface area (Å²) in [6.45, 7) is 5.50. The van der Waals surface area contributed by atoms with Crippen molar-refractivity contribution in [3.63, 3.8) is 0 Å². The SMILES string of the molecule is CCC[C@@H](N)C(=O)N1CCOCC1C(=O)NCC. The second kappa shape index (κ2) is 7.33. The number of nitrogens with two attached hydrogens (primary N) is 1. The van der Waals surface area contributed by atoms with Gasteiger partial charge in [-0.3, -0.25) is 9.59 Å². The first-order chi connectivity index (χ1) is 8.61. The number of carbonyl (C=O) groups excluding carboxylic acids is 2. The van der Waals surface area contributed by atoms with Gasteiger partial charge in [-0.2, -0.15) is 0 Å². The fourth-order valence-electron chi connectivity index (χ4n) is 2.02. The molecule has 1 unspecified atom stereocenters. The minimum atomic E-state index is -0.547. The molecule has 1 aliphatic rings. The number of nitrogens with zero attached hydrogens (tertiary/aromatic N) is 1. The van der Waals surface area contributed by atoms with Crippen molar-refractivity contribution in [1.82, 2.24) is 10.2 Å². The summed E-state index contributed by atoms with van der Waals surface area (Å²) in [5.41, 5.74) is 5.83. The molecule has 0 aliphatic carbocycles. The molecule has 0 aromatic rings. The molecule has 2 atom stereocenters. The van der Waals surface area contributed by atoms with Crippen LogP contribution in [-0.4, -0.2) is 55.1 Å². The van der Waals surface area contributed by atoms with Crippen LogP contribution in [0.15, 0.2) is 0 Å². The first kappa shape index (κ1) is 14.9. The Labute approximate surface area is 108 Å². The van der Waals surface area contributed by atoms with E-state index in [0.29, 0.717) is 26.1 Å². The smallest absolute Gasteiger partial charge is 0.245 e. The molecule has 0 spiro atoms. The lowest BCUT2D eigenvalue weighted by molar-refractivity contribution is -0.149. The molecule has 0 bridgehead atoms. The van der Waals surface area contributed by atoms with E-state index in [1.807, 2.05) is 13.8 Å². The fraction of sp³-hybridized carbons (Fsp3) is 0.833. The van der Waals surface area contributed by atoms with Gasteiger partial charge in [0.05, 0.1) is 19.3 Å². The maximum Gasteiger partial charge on any atom is 0.245 e. The summed E-state index contributed by atoms with van der Waals surface area (Å²) in [6, 6.07) is -1.07. The number of amides is 2. The molecule has 6 nitrogen and oxygen atoms in total. The molecule has 0 saturated carbocycles. The molecule has 1 rings (SSSR count). The number of hydrogen-bond donors (Lipinski definition) is 2. The average molecular weight is 257 g/mol. The Hall–Kier alpha value is -1.14. The molecule has 0 aromatic heterocycles. The zero-order valence-electron chi connectivity index (χ0n) is 11.1. The van der Waals surface area contributed by atoms with Gasteiger partial charge in [0.2, 0.25) is 11.8 Å². The molecule has 104 valence electrons. The van der Waals surface area contributed by atoms with E-state index in [0.717, 1.165) is 6.42 Å². The highest BCUT2D eigenvalue weighted by Gasteiger charge is 2.34. The van der Waals surface area contributed by atoms with E-state index in [4.69, 9.17) is 10.5 Å². The van der Waals surface area contributed by atoms with Crippen LogP contribution < -0.4 is 11.1 Å². The van der Waals surface area contributed by atoms with Crippen molar-refractivity contribution in [3.8, 4) is 0 Å². The van der Waals surface area contributed by atoms with Crippen molar-refractivity contribution in [2.24, 2.45) is 5.73 Å². The van der Waals surface area contributed by atoms with Crippen LogP contribution >= 0.6 is 0 Å². The van der Waals surface area contributed by atoms with Crippen molar-refractivity contribution < 1.29 is 14.3 Å². The van der Waals surface area contributed by atoms with Crippen LogP contribution in [0.4, 0.5) is 0 Å². The molecule has 1 aliphatic heterocycles. The summed E-state index contributed by atoms with van der Waals surface area (Å²) in [4.78, 5) is 25.6. The lowest BCUT2D eigenvalue weighted by atomic mass is 10.1. The van der Waals surface area contributed by atoms with E-state index in [-0.39, 0.29) is 18.4 Å². The van der Waals surface area contributed by atoms with Crippen LogP contribution in [0.25, 0.3) is 0 Å². The predicted molar refractivity (Wildman–Crippen MR) is 67.9 cm³/mol. The zero-order chi connectivity index (χ0) is 13.5. The summed E-state index contributed by atoms with van der Waals surface area (Å²) < 4.78 is 5.27. The lowest BCUT2D eigenvalue weighted by Crippen LogP contribution is -2.59. The molecule has 1 heterocycles. The molecular formula is C12H23N3O3. The zero-order valence-corrected chi connectivity index (χ0v) is 11.1. The van der Waals surface area contributed by atoms with Crippen molar-refractivity contribution in [2.75, 3.05) is 26.3 Å². The van der Waals surface area contributed by atoms with Gasteiger partial charge < -0.3 is 20.7 Å². The molecule has 1 saturated heterocycles. The van der Waals surface area contributed by atoms with Gasteiger partial charge in [0.1, 0.15) is 6.04 Å². The minimum Gasteiger partial charge on any atom is -0.377 e. The number of carbonyl (C=O) groups is 2. The summed E-state index contributed by atoms with van der Waals surface area (Å²) in [7, 11) is 0. The molecular weight excluding hydrogens is 234 g/mol. The molecule has 2 amide bonds. The van der Waals surface area contributed by atoms with Gasteiger partial charge in [0, 0.05) is 13.1 Å². The maximum atomic E-state index is 12.2. The van der Waals surface area contributed by atoms with E-state index in [1.165, 1.54) is 0 Å². The third-order valence-corrected chi connectivity index (χ3v) is 2.98. The van der Waals surface area contributed by atoms with Crippen molar-refractivity contribution in [1.29, 1.82) is 0 Å². The van der Waals surface area contributed by atoms with E-state index >= 15 is 0 Å². The van der Waals surface area contributed by atoms with E-state index in [1.54, 1.807) is 4.90 Å². The van der Waals surface area contributed by atoms with Gasteiger partial charge in [-0.05, 0) is 13.3 Å². The number of nitrogens with one attached hydrogen (secondary N) is 1. The predicted octanol–water partition coefficient (Wildman–Crippen LogP) is -0.523. The van der Waals surface area contributed by atoms with E-state index in [2.05, 4.69) is 5.32 Å². The lowest BCUT2D eigenvalue weighted by Gasteiger charge is -2.35. The van der Waals surface area contributed by atoms with Crippen molar-refractivity contribution >= 4 is 11.8 Å². The fourth-order valence-corrected chi connectivity index (χ4v) is 2.02. The topological polar surface area (TPSA) is 84.7 Å². The van der Waals surface area contributed by atoms with Crippen LogP contribution in [0.5, 0.6) is 0 Å². The minimum absolute atomic E-state index is 0.156. The Morgan fingerprint density at radius 2 is 2.22 bits per heavy atom. The van der Waals surface area contributed by atoms with Crippen LogP contribution in [0, 0.1) is 0 Å². The summed E-state index contributed by atoms with van der Waals surface area (Å²) in [5, 5.41) is 2.72. The maximum absolute atomic E-state index is 12.2. The van der Waals surface area contributed by atoms with Crippen LogP contribution in [0.1, 0.15) is 26.7 Å². The first-order valence-electron chi connectivity index (χ1n) is 6.53. The van der Waals surface area contributed by atoms with E-state index < -0.39 is 12.1 Å². The molecule has 3 N–H and O–H groups in total. The summed E-state index contributed by atoms with van der Waals surface area (Å²) >= 11 is 0.